The van der Waals surface area contributed by atoms with Crippen molar-refractivity contribution in [1.29, 1.82) is 0 Å². The Bertz CT molecular complexity index is 472. The molecule has 0 saturated carbocycles. The summed E-state index contributed by atoms with van der Waals surface area (Å²) in [6.07, 6.45) is 3.98. The molecule has 0 bridgehead atoms. The zero-order valence-corrected chi connectivity index (χ0v) is 14.1. The maximum Gasteiger partial charge on any atom is 0.147 e. The maximum absolute atomic E-state index is 11.1. The van der Waals surface area contributed by atoms with Crippen molar-refractivity contribution in [2.45, 2.75) is 45.3 Å². The van der Waals surface area contributed by atoms with Crippen molar-refractivity contribution in [1.82, 2.24) is 9.80 Å². The summed E-state index contributed by atoms with van der Waals surface area (Å²) in [5.41, 5.74) is 0. The molecule has 0 aromatic heterocycles. The third-order valence-corrected chi connectivity index (χ3v) is 5.13. The third kappa shape index (κ3) is 4.93. The Labute approximate surface area is 128 Å². The van der Waals surface area contributed by atoms with Crippen LogP contribution in [0.1, 0.15) is 33.1 Å². The van der Waals surface area contributed by atoms with E-state index in [9.17, 15) is 8.42 Å². The Morgan fingerprint density at radius 1 is 1.38 bits per heavy atom. The fourth-order valence-corrected chi connectivity index (χ4v) is 3.24. The van der Waals surface area contributed by atoms with Crippen molar-refractivity contribution in [3.63, 3.8) is 0 Å². The smallest absolute Gasteiger partial charge is 0.147 e. The Hall–Kier alpha value is -0.660. The first kappa shape index (κ1) is 16.7. The molecule has 2 atom stereocenters. The summed E-state index contributed by atoms with van der Waals surface area (Å²) >= 11 is 0. The standard InChI is InChI=1S/C14H27N3O3S/c1-4-13(9-20-12(2)6-8-21(3,18)19)16-10-17(11-16)14-5-7-15-14/h12-13H,4-11H2,1-3H3. The Morgan fingerprint density at radius 3 is 2.52 bits per heavy atom. The molecule has 6 nitrogen and oxygen atoms in total. The molecule has 1 saturated heterocycles. The van der Waals surface area contributed by atoms with Crippen LogP contribution in [0.4, 0.5) is 0 Å². The van der Waals surface area contributed by atoms with E-state index in [0.29, 0.717) is 19.1 Å². The molecule has 122 valence electrons. The summed E-state index contributed by atoms with van der Waals surface area (Å²) in [4.78, 5) is 9.06. The van der Waals surface area contributed by atoms with E-state index in [1.165, 1.54) is 12.1 Å². The van der Waals surface area contributed by atoms with Gasteiger partial charge in [0, 0.05) is 25.3 Å². The van der Waals surface area contributed by atoms with Gasteiger partial charge in [0.25, 0.3) is 0 Å². The molecule has 2 rings (SSSR count). The van der Waals surface area contributed by atoms with Gasteiger partial charge in [-0.25, -0.2) is 8.42 Å². The first-order chi connectivity index (χ1) is 9.89. The van der Waals surface area contributed by atoms with Gasteiger partial charge in [-0.2, -0.15) is 0 Å². The van der Waals surface area contributed by atoms with Gasteiger partial charge in [0.2, 0.25) is 0 Å². The average molecular weight is 317 g/mol. The maximum atomic E-state index is 11.1. The molecule has 0 aromatic rings. The number of amidine groups is 1. The first-order valence-corrected chi connectivity index (χ1v) is 9.76. The molecular weight excluding hydrogens is 290 g/mol. The highest BCUT2D eigenvalue weighted by molar-refractivity contribution is 7.90. The lowest BCUT2D eigenvalue weighted by Crippen LogP contribution is -2.62. The molecule has 21 heavy (non-hydrogen) atoms. The highest BCUT2D eigenvalue weighted by Crippen LogP contribution is 2.20. The van der Waals surface area contributed by atoms with Gasteiger partial charge >= 0.3 is 0 Å². The Balaban J connectivity index is 1.66. The molecule has 2 heterocycles. The van der Waals surface area contributed by atoms with Gasteiger partial charge in [-0.15, -0.1) is 0 Å². The first-order valence-electron chi connectivity index (χ1n) is 7.70. The zero-order chi connectivity index (χ0) is 15.5. The van der Waals surface area contributed by atoms with E-state index in [0.717, 1.165) is 32.7 Å². The van der Waals surface area contributed by atoms with Crippen molar-refractivity contribution < 1.29 is 13.2 Å². The lowest BCUT2D eigenvalue weighted by molar-refractivity contribution is -0.0594. The van der Waals surface area contributed by atoms with E-state index in [4.69, 9.17) is 4.74 Å². The van der Waals surface area contributed by atoms with Gasteiger partial charge in [-0.3, -0.25) is 9.89 Å². The minimum Gasteiger partial charge on any atom is -0.377 e. The average Bonchev–Trinajstić information content (AvgIpc) is 2.30. The van der Waals surface area contributed by atoms with Gasteiger partial charge in [-0.05, 0) is 19.8 Å². The number of hydrogen-bond donors (Lipinski definition) is 0. The van der Waals surface area contributed by atoms with Crippen LogP contribution in [0.25, 0.3) is 0 Å². The van der Waals surface area contributed by atoms with Crippen LogP contribution in [0.5, 0.6) is 0 Å². The number of nitrogens with zero attached hydrogens (tertiary/aromatic N) is 3. The Morgan fingerprint density at radius 2 is 2.05 bits per heavy atom. The van der Waals surface area contributed by atoms with Gasteiger partial charge in [0.05, 0.1) is 31.8 Å². The van der Waals surface area contributed by atoms with Crippen molar-refractivity contribution in [2.24, 2.45) is 4.99 Å². The molecule has 0 radical (unpaired) electrons. The van der Waals surface area contributed by atoms with Crippen molar-refractivity contribution in [3.05, 3.63) is 0 Å². The number of ether oxygens (including phenoxy) is 1. The minimum absolute atomic E-state index is 0.0119. The minimum atomic E-state index is -2.90. The lowest BCUT2D eigenvalue weighted by Gasteiger charge is -2.49. The summed E-state index contributed by atoms with van der Waals surface area (Å²) in [5, 5.41) is 0. The van der Waals surface area contributed by atoms with Crippen molar-refractivity contribution in [3.8, 4) is 0 Å². The van der Waals surface area contributed by atoms with Crippen molar-refractivity contribution >= 4 is 15.7 Å². The number of hydrogen-bond acceptors (Lipinski definition) is 6. The quantitative estimate of drug-likeness (QED) is 0.667. The molecule has 0 spiro atoms. The van der Waals surface area contributed by atoms with Crippen molar-refractivity contribution in [2.75, 3.05) is 38.5 Å². The molecule has 2 aliphatic heterocycles. The van der Waals surface area contributed by atoms with Crippen LogP contribution < -0.4 is 0 Å². The van der Waals surface area contributed by atoms with E-state index in [1.807, 2.05) is 6.92 Å². The number of aliphatic imine (C=N–C) groups is 1. The van der Waals surface area contributed by atoms with Crippen LogP contribution in [0.15, 0.2) is 4.99 Å². The lowest BCUT2D eigenvalue weighted by atomic mass is 10.1. The highest BCUT2D eigenvalue weighted by Gasteiger charge is 2.33. The van der Waals surface area contributed by atoms with Gasteiger partial charge in [0.15, 0.2) is 0 Å². The van der Waals surface area contributed by atoms with Crippen LogP contribution in [-0.4, -0.2) is 74.7 Å². The predicted octanol–water partition coefficient (Wildman–Crippen LogP) is 0.940. The molecule has 1 fully saturated rings. The summed E-state index contributed by atoms with van der Waals surface area (Å²) in [5.74, 6) is 1.44. The molecular formula is C14H27N3O3S. The SMILES string of the molecule is CCC(COC(C)CCS(C)(=O)=O)N1CN(C2=NCC2)C1. The topological polar surface area (TPSA) is 62.2 Å². The van der Waals surface area contributed by atoms with E-state index in [-0.39, 0.29) is 11.9 Å². The summed E-state index contributed by atoms with van der Waals surface area (Å²) in [6, 6.07) is 0.405. The summed E-state index contributed by atoms with van der Waals surface area (Å²) in [7, 11) is -2.90. The van der Waals surface area contributed by atoms with Crippen LogP contribution >= 0.6 is 0 Å². The fourth-order valence-electron chi connectivity index (χ4n) is 2.48. The molecule has 7 heteroatoms. The van der Waals surface area contributed by atoms with Crippen LogP contribution in [0, 0.1) is 0 Å². The van der Waals surface area contributed by atoms with E-state index < -0.39 is 9.84 Å². The second-order valence-corrected chi connectivity index (χ2v) is 8.34. The molecule has 0 amide bonds. The third-order valence-electron chi connectivity index (χ3n) is 4.16. The van der Waals surface area contributed by atoms with Gasteiger partial charge < -0.3 is 9.64 Å². The summed E-state index contributed by atoms with van der Waals surface area (Å²) < 4.78 is 28.1. The van der Waals surface area contributed by atoms with E-state index in [2.05, 4.69) is 21.7 Å². The van der Waals surface area contributed by atoms with Gasteiger partial charge in [0.1, 0.15) is 15.7 Å². The monoisotopic (exact) mass is 317 g/mol. The summed E-state index contributed by atoms with van der Waals surface area (Å²) in [6.45, 7) is 7.64. The fraction of sp³-hybridized carbons (Fsp3) is 0.929. The Kier molecular flexibility index (Phi) is 5.62. The molecule has 2 unspecified atom stereocenters. The van der Waals surface area contributed by atoms with E-state index >= 15 is 0 Å². The van der Waals surface area contributed by atoms with Crippen LogP contribution in [0.3, 0.4) is 0 Å². The molecule has 0 aliphatic carbocycles. The second kappa shape index (κ2) is 7.07. The van der Waals surface area contributed by atoms with E-state index in [1.54, 1.807) is 0 Å². The zero-order valence-electron chi connectivity index (χ0n) is 13.3. The molecule has 2 aliphatic rings. The predicted molar refractivity (Wildman–Crippen MR) is 84.2 cm³/mol. The number of rotatable bonds is 8. The highest BCUT2D eigenvalue weighted by atomic mass is 32.2. The largest absolute Gasteiger partial charge is 0.377 e. The second-order valence-electron chi connectivity index (χ2n) is 6.08. The molecule has 0 aromatic carbocycles. The van der Waals surface area contributed by atoms with Crippen LogP contribution in [-0.2, 0) is 14.6 Å². The van der Waals surface area contributed by atoms with Gasteiger partial charge in [-0.1, -0.05) is 6.92 Å². The molecule has 0 N–H and O–H groups in total. The number of sulfone groups is 1. The van der Waals surface area contributed by atoms with Crippen LogP contribution in [0.2, 0.25) is 0 Å². The normalized spacial score (nSPS) is 22.2.